The van der Waals surface area contributed by atoms with Gasteiger partial charge in [-0.3, -0.25) is 4.98 Å². The van der Waals surface area contributed by atoms with E-state index in [-0.39, 0.29) is 0 Å². The second-order valence-electron chi connectivity index (χ2n) is 4.15. The summed E-state index contributed by atoms with van der Waals surface area (Å²) in [4.78, 5) is 3.99. The molecule has 1 heterocycles. The van der Waals surface area contributed by atoms with Gasteiger partial charge in [0, 0.05) is 30.6 Å². The Morgan fingerprint density at radius 3 is 2.63 bits per heavy atom. The Kier molecular flexibility index (Phi) is 4.75. The molecule has 0 unspecified atom stereocenters. The molecular formula is C15H18N2O2. The first-order valence-corrected chi connectivity index (χ1v) is 6.16. The highest BCUT2D eigenvalue weighted by atomic mass is 16.5. The number of benzene rings is 1. The normalized spacial score (nSPS) is 10.2. The topological polar surface area (TPSA) is 43.4 Å². The summed E-state index contributed by atoms with van der Waals surface area (Å²) in [5.74, 6) is 1.63. The average molecular weight is 258 g/mol. The van der Waals surface area contributed by atoms with Crippen LogP contribution in [-0.4, -0.2) is 19.1 Å². The number of hydrogen-bond acceptors (Lipinski definition) is 4. The van der Waals surface area contributed by atoms with Crippen LogP contribution in [0.1, 0.15) is 11.1 Å². The number of hydrogen-bond donors (Lipinski definition) is 1. The third kappa shape index (κ3) is 3.69. The first kappa shape index (κ1) is 13.4. The second kappa shape index (κ2) is 6.75. The zero-order valence-electron chi connectivity index (χ0n) is 11.2. The van der Waals surface area contributed by atoms with Crippen LogP contribution in [-0.2, 0) is 13.2 Å². The standard InChI is InChI=1S/C15H18N2O2/c1-16-10-13-3-4-14(18-2)9-15(13)19-11-12-5-7-17-8-6-12/h3-9,16H,10-11H2,1-2H3. The van der Waals surface area contributed by atoms with Crippen LogP contribution in [0.25, 0.3) is 0 Å². The number of nitrogens with one attached hydrogen (secondary N) is 1. The van der Waals surface area contributed by atoms with Gasteiger partial charge in [0.05, 0.1) is 7.11 Å². The number of methoxy groups -OCH3 is 1. The van der Waals surface area contributed by atoms with Crippen molar-refractivity contribution in [2.24, 2.45) is 0 Å². The lowest BCUT2D eigenvalue weighted by Gasteiger charge is -2.13. The molecule has 0 spiro atoms. The van der Waals surface area contributed by atoms with Gasteiger partial charge in [0.1, 0.15) is 18.1 Å². The molecule has 1 aromatic carbocycles. The lowest BCUT2D eigenvalue weighted by Crippen LogP contribution is -2.07. The summed E-state index contributed by atoms with van der Waals surface area (Å²) in [7, 11) is 3.57. The quantitative estimate of drug-likeness (QED) is 0.864. The van der Waals surface area contributed by atoms with Gasteiger partial charge in [0.2, 0.25) is 0 Å². The molecule has 0 bridgehead atoms. The van der Waals surface area contributed by atoms with E-state index in [2.05, 4.69) is 10.3 Å². The molecule has 0 saturated carbocycles. The van der Waals surface area contributed by atoms with E-state index in [1.165, 1.54) is 0 Å². The highest BCUT2D eigenvalue weighted by Gasteiger charge is 2.05. The van der Waals surface area contributed by atoms with E-state index in [0.717, 1.165) is 29.2 Å². The largest absolute Gasteiger partial charge is 0.497 e. The third-order valence-corrected chi connectivity index (χ3v) is 2.79. The van der Waals surface area contributed by atoms with E-state index in [1.54, 1.807) is 19.5 Å². The van der Waals surface area contributed by atoms with Crippen molar-refractivity contribution in [2.75, 3.05) is 14.2 Å². The molecule has 2 aromatic rings. The van der Waals surface area contributed by atoms with E-state index >= 15 is 0 Å². The summed E-state index contributed by atoms with van der Waals surface area (Å²) in [6.45, 7) is 1.28. The Hall–Kier alpha value is -2.07. The predicted molar refractivity (Wildman–Crippen MR) is 74.3 cm³/mol. The summed E-state index contributed by atoms with van der Waals surface area (Å²) in [6.07, 6.45) is 3.53. The van der Waals surface area contributed by atoms with Crippen molar-refractivity contribution >= 4 is 0 Å². The van der Waals surface area contributed by atoms with Crippen molar-refractivity contribution in [1.82, 2.24) is 10.3 Å². The first-order valence-electron chi connectivity index (χ1n) is 6.16. The molecule has 1 aromatic heterocycles. The smallest absolute Gasteiger partial charge is 0.127 e. The zero-order valence-corrected chi connectivity index (χ0v) is 11.2. The average Bonchev–Trinajstić information content (AvgIpc) is 2.47. The molecule has 100 valence electrons. The summed E-state index contributed by atoms with van der Waals surface area (Å²) in [5, 5.41) is 3.13. The maximum absolute atomic E-state index is 5.87. The molecule has 4 heteroatoms. The van der Waals surface area contributed by atoms with Crippen LogP contribution in [0, 0.1) is 0 Å². The number of aromatic nitrogens is 1. The molecule has 19 heavy (non-hydrogen) atoms. The molecule has 2 rings (SSSR count). The van der Waals surface area contributed by atoms with Crippen molar-refractivity contribution in [3.63, 3.8) is 0 Å². The van der Waals surface area contributed by atoms with Gasteiger partial charge >= 0.3 is 0 Å². The molecule has 0 aliphatic rings. The monoisotopic (exact) mass is 258 g/mol. The molecule has 1 N–H and O–H groups in total. The van der Waals surface area contributed by atoms with E-state index in [9.17, 15) is 0 Å². The van der Waals surface area contributed by atoms with Crippen LogP contribution < -0.4 is 14.8 Å². The summed E-state index contributed by atoms with van der Waals surface area (Å²) < 4.78 is 11.1. The fourth-order valence-corrected chi connectivity index (χ4v) is 1.77. The molecule has 0 fully saturated rings. The van der Waals surface area contributed by atoms with Crippen molar-refractivity contribution in [1.29, 1.82) is 0 Å². The number of pyridine rings is 1. The molecule has 0 radical (unpaired) electrons. The summed E-state index contributed by atoms with van der Waals surface area (Å²) in [6, 6.07) is 9.74. The fourth-order valence-electron chi connectivity index (χ4n) is 1.77. The zero-order chi connectivity index (χ0) is 13.5. The SMILES string of the molecule is CNCc1ccc(OC)cc1OCc1ccncc1. The van der Waals surface area contributed by atoms with E-state index in [4.69, 9.17) is 9.47 Å². The molecule has 0 amide bonds. The summed E-state index contributed by atoms with van der Waals surface area (Å²) >= 11 is 0. The van der Waals surface area contributed by atoms with Crippen LogP contribution in [0.3, 0.4) is 0 Å². The van der Waals surface area contributed by atoms with Crippen molar-refractivity contribution in [2.45, 2.75) is 13.2 Å². The molecule has 0 aliphatic carbocycles. The van der Waals surface area contributed by atoms with Crippen molar-refractivity contribution in [3.05, 3.63) is 53.9 Å². The van der Waals surface area contributed by atoms with Gasteiger partial charge in [-0.25, -0.2) is 0 Å². The second-order valence-corrected chi connectivity index (χ2v) is 4.15. The van der Waals surface area contributed by atoms with Crippen LogP contribution in [0.15, 0.2) is 42.7 Å². The molecular weight excluding hydrogens is 240 g/mol. The van der Waals surface area contributed by atoms with Gasteiger partial charge in [0.25, 0.3) is 0 Å². The third-order valence-electron chi connectivity index (χ3n) is 2.79. The van der Waals surface area contributed by atoms with Gasteiger partial charge in [-0.2, -0.15) is 0 Å². The lowest BCUT2D eigenvalue weighted by molar-refractivity contribution is 0.299. The van der Waals surface area contributed by atoms with Crippen LogP contribution in [0.4, 0.5) is 0 Å². The van der Waals surface area contributed by atoms with Crippen LogP contribution in [0.2, 0.25) is 0 Å². The van der Waals surface area contributed by atoms with Gasteiger partial charge in [0.15, 0.2) is 0 Å². The molecule has 0 saturated heterocycles. The van der Waals surface area contributed by atoms with E-state index in [0.29, 0.717) is 6.61 Å². The van der Waals surface area contributed by atoms with Gasteiger partial charge < -0.3 is 14.8 Å². The fraction of sp³-hybridized carbons (Fsp3) is 0.267. The number of ether oxygens (including phenoxy) is 2. The highest BCUT2D eigenvalue weighted by molar-refractivity contribution is 5.40. The Balaban J connectivity index is 2.12. The predicted octanol–water partition coefficient (Wildman–Crippen LogP) is 2.39. The minimum Gasteiger partial charge on any atom is -0.497 e. The maximum Gasteiger partial charge on any atom is 0.127 e. The van der Waals surface area contributed by atoms with E-state index in [1.807, 2.05) is 37.4 Å². The van der Waals surface area contributed by atoms with Gasteiger partial charge in [-0.15, -0.1) is 0 Å². The Morgan fingerprint density at radius 1 is 1.16 bits per heavy atom. The number of nitrogens with zero attached hydrogens (tertiary/aromatic N) is 1. The highest BCUT2D eigenvalue weighted by Crippen LogP contribution is 2.25. The number of rotatable bonds is 6. The van der Waals surface area contributed by atoms with Gasteiger partial charge in [-0.1, -0.05) is 6.07 Å². The maximum atomic E-state index is 5.87. The Morgan fingerprint density at radius 2 is 1.95 bits per heavy atom. The Labute approximate surface area is 113 Å². The molecule has 0 atom stereocenters. The minimum atomic E-state index is 0.520. The lowest BCUT2D eigenvalue weighted by atomic mass is 10.2. The first-order chi connectivity index (χ1) is 9.33. The summed E-state index contributed by atoms with van der Waals surface area (Å²) in [5.41, 5.74) is 2.20. The minimum absolute atomic E-state index is 0.520. The van der Waals surface area contributed by atoms with Crippen molar-refractivity contribution in [3.8, 4) is 11.5 Å². The molecule has 0 aliphatic heterocycles. The van der Waals surface area contributed by atoms with E-state index < -0.39 is 0 Å². The van der Waals surface area contributed by atoms with Gasteiger partial charge in [-0.05, 0) is 30.8 Å². The van der Waals surface area contributed by atoms with Crippen molar-refractivity contribution < 1.29 is 9.47 Å². The molecule has 4 nitrogen and oxygen atoms in total. The Bertz CT molecular complexity index is 515. The van der Waals surface area contributed by atoms with Crippen LogP contribution in [0.5, 0.6) is 11.5 Å². The van der Waals surface area contributed by atoms with Crippen LogP contribution >= 0.6 is 0 Å².